The van der Waals surface area contributed by atoms with Crippen LogP contribution in [0.3, 0.4) is 0 Å². The molecule has 0 atom stereocenters. The number of alkyl halides is 3. The number of nitrogens with one attached hydrogen (secondary N) is 2. The van der Waals surface area contributed by atoms with Crippen molar-refractivity contribution in [2.45, 2.75) is 20.0 Å². The largest absolute Gasteiger partial charge is 0.481 e. The van der Waals surface area contributed by atoms with Crippen molar-refractivity contribution in [2.75, 3.05) is 23.0 Å². The lowest BCUT2D eigenvalue weighted by molar-refractivity contribution is -0.137. The van der Waals surface area contributed by atoms with Crippen LogP contribution in [0.5, 0.6) is 0 Å². The Morgan fingerprint density at radius 1 is 1.09 bits per heavy atom. The quantitative estimate of drug-likeness (QED) is 0.251. The molecule has 0 saturated carbocycles. The Morgan fingerprint density at radius 3 is 2.47 bits per heavy atom. The number of nitrogen functional groups attached to an aromatic ring is 1. The van der Waals surface area contributed by atoms with Crippen LogP contribution in [0.15, 0.2) is 53.5 Å². The molecule has 0 saturated heterocycles. The van der Waals surface area contributed by atoms with E-state index >= 15 is 0 Å². The molecule has 2 aromatic carbocycles. The van der Waals surface area contributed by atoms with E-state index in [1.165, 1.54) is 30.3 Å². The third-order valence-corrected chi connectivity index (χ3v) is 4.09. The molecule has 0 unspecified atom stereocenters. The SMILES string of the molecule is CCO/C(C)=N/c1c(F)cccc1Nc1cc(N)nc(Nc2ccc(C(F)(F)F)cc2)n1. The Kier molecular flexibility index (Phi) is 6.76. The third kappa shape index (κ3) is 5.84. The highest BCUT2D eigenvalue weighted by Crippen LogP contribution is 2.32. The minimum atomic E-state index is -4.44. The van der Waals surface area contributed by atoms with E-state index in [2.05, 4.69) is 25.6 Å². The highest BCUT2D eigenvalue weighted by Gasteiger charge is 2.29. The van der Waals surface area contributed by atoms with Crippen molar-refractivity contribution in [3.8, 4) is 0 Å². The molecular formula is C21H20F4N6O. The van der Waals surface area contributed by atoms with Crippen molar-refractivity contribution < 1.29 is 22.3 Å². The van der Waals surface area contributed by atoms with Gasteiger partial charge in [0.15, 0.2) is 11.7 Å². The second-order valence-corrected chi connectivity index (χ2v) is 6.53. The van der Waals surface area contributed by atoms with Crippen LogP contribution in [0.1, 0.15) is 19.4 Å². The molecule has 0 aliphatic rings. The van der Waals surface area contributed by atoms with Crippen LogP contribution >= 0.6 is 0 Å². The van der Waals surface area contributed by atoms with E-state index in [1.54, 1.807) is 19.9 Å². The molecule has 0 spiro atoms. The van der Waals surface area contributed by atoms with E-state index in [-0.39, 0.29) is 29.2 Å². The molecule has 1 heterocycles. The molecule has 0 fully saturated rings. The Labute approximate surface area is 181 Å². The van der Waals surface area contributed by atoms with E-state index in [0.717, 1.165) is 12.1 Å². The molecule has 1 aromatic heterocycles. The second-order valence-electron chi connectivity index (χ2n) is 6.53. The number of anilines is 5. The highest BCUT2D eigenvalue weighted by atomic mass is 19.4. The molecule has 0 amide bonds. The maximum atomic E-state index is 14.4. The van der Waals surface area contributed by atoms with Gasteiger partial charge in [0.1, 0.15) is 17.3 Å². The van der Waals surface area contributed by atoms with Gasteiger partial charge in [0.25, 0.3) is 0 Å². The van der Waals surface area contributed by atoms with Crippen molar-refractivity contribution in [3.05, 3.63) is 59.9 Å². The van der Waals surface area contributed by atoms with Gasteiger partial charge >= 0.3 is 6.18 Å². The Morgan fingerprint density at radius 2 is 1.81 bits per heavy atom. The summed E-state index contributed by atoms with van der Waals surface area (Å²) < 4.78 is 57.8. The summed E-state index contributed by atoms with van der Waals surface area (Å²) in [4.78, 5) is 12.4. The van der Waals surface area contributed by atoms with Crippen LogP contribution in [0.4, 0.5) is 52.2 Å². The van der Waals surface area contributed by atoms with Crippen molar-refractivity contribution in [2.24, 2.45) is 4.99 Å². The van der Waals surface area contributed by atoms with Crippen molar-refractivity contribution in [1.29, 1.82) is 0 Å². The number of hydrogen-bond acceptors (Lipinski definition) is 7. The summed E-state index contributed by atoms with van der Waals surface area (Å²) in [5.41, 5.74) is 5.72. The standard InChI is InChI=1S/C21H20F4N6O/c1-3-32-12(2)27-19-15(22)5-4-6-16(19)29-18-11-17(26)30-20(31-18)28-14-9-7-13(8-10-14)21(23,24)25/h4-11H,3H2,1-2H3,(H4,26,28,29,30,31)/b27-12+. The van der Waals surface area contributed by atoms with Crippen LogP contribution in [0, 0.1) is 5.82 Å². The molecule has 0 bridgehead atoms. The third-order valence-electron chi connectivity index (χ3n) is 4.09. The number of para-hydroxylation sites is 1. The lowest BCUT2D eigenvalue weighted by Crippen LogP contribution is -2.06. The normalized spacial score (nSPS) is 11.9. The second kappa shape index (κ2) is 9.50. The first-order chi connectivity index (χ1) is 15.2. The number of rotatable bonds is 6. The fourth-order valence-corrected chi connectivity index (χ4v) is 2.72. The molecule has 11 heteroatoms. The first kappa shape index (κ1) is 22.8. The molecule has 168 valence electrons. The zero-order chi connectivity index (χ0) is 23.3. The lowest BCUT2D eigenvalue weighted by atomic mass is 10.2. The fourth-order valence-electron chi connectivity index (χ4n) is 2.72. The molecule has 3 aromatic rings. The van der Waals surface area contributed by atoms with Gasteiger partial charge in [0, 0.05) is 18.7 Å². The zero-order valence-corrected chi connectivity index (χ0v) is 17.2. The van der Waals surface area contributed by atoms with Crippen LogP contribution in [-0.4, -0.2) is 22.5 Å². The van der Waals surface area contributed by atoms with Gasteiger partial charge in [0.2, 0.25) is 5.95 Å². The number of hydrogen-bond donors (Lipinski definition) is 3. The van der Waals surface area contributed by atoms with Crippen LogP contribution in [0.25, 0.3) is 0 Å². The summed E-state index contributed by atoms with van der Waals surface area (Å²) in [7, 11) is 0. The smallest absolute Gasteiger partial charge is 0.416 e. The average molecular weight is 448 g/mol. The molecule has 0 aliphatic carbocycles. The van der Waals surface area contributed by atoms with Gasteiger partial charge in [-0.3, -0.25) is 0 Å². The first-order valence-electron chi connectivity index (χ1n) is 9.48. The topological polar surface area (TPSA) is 97.5 Å². The Balaban J connectivity index is 1.86. The van der Waals surface area contributed by atoms with Gasteiger partial charge in [0.05, 0.1) is 17.9 Å². The maximum Gasteiger partial charge on any atom is 0.416 e. The van der Waals surface area contributed by atoms with Crippen molar-refractivity contribution in [3.63, 3.8) is 0 Å². The van der Waals surface area contributed by atoms with E-state index in [0.29, 0.717) is 18.0 Å². The number of ether oxygens (including phenoxy) is 1. The minimum Gasteiger partial charge on any atom is -0.481 e. The number of aromatic nitrogens is 2. The van der Waals surface area contributed by atoms with Crippen LogP contribution in [-0.2, 0) is 10.9 Å². The predicted octanol–water partition coefficient (Wildman–Crippen LogP) is 5.79. The van der Waals surface area contributed by atoms with Crippen molar-refractivity contribution >= 4 is 40.5 Å². The van der Waals surface area contributed by atoms with Gasteiger partial charge in [-0.2, -0.15) is 23.1 Å². The first-order valence-corrected chi connectivity index (χ1v) is 9.48. The number of benzene rings is 2. The Hall–Kier alpha value is -3.89. The number of halogens is 4. The molecule has 7 nitrogen and oxygen atoms in total. The molecule has 4 N–H and O–H groups in total. The number of nitrogens with zero attached hydrogens (tertiary/aromatic N) is 3. The van der Waals surface area contributed by atoms with Gasteiger partial charge < -0.3 is 21.1 Å². The van der Waals surface area contributed by atoms with Gasteiger partial charge in [-0.05, 0) is 43.3 Å². The van der Waals surface area contributed by atoms with Gasteiger partial charge in [-0.25, -0.2) is 9.38 Å². The number of aliphatic imine (C=N–C) groups is 1. The molecule has 3 rings (SSSR count). The molecule has 0 aliphatic heterocycles. The summed E-state index contributed by atoms with van der Waals surface area (Å²) in [6, 6.07) is 10.1. The van der Waals surface area contributed by atoms with E-state index < -0.39 is 17.6 Å². The van der Waals surface area contributed by atoms with E-state index in [9.17, 15) is 17.6 Å². The zero-order valence-electron chi connectivity index (χ0n) is 17.2. The van der Waals surface area contributed by atoms with Crippen LogP contribution < -0.4 is 16.4 Å². The summed E-state index contributed by atoms with van der Waals surface area (Å²) in [6.45, 7) is 3.77. The Bertz CT molecular complexity index is 1120. The van der Waals surface area contributed by atoms with Gasteiger partial charge in [-0.1, -0.05) is 6.07 Å². The molecule has 32 heavy (non-hydrogen) atoms. The number of nitrogens with two attached hydrogens (primary N) is 1. The van der Waals surface area contributed by atoms with Crippen LogP contribution in [0.2, 0.25) is 0 Å². The average Bonchev–Trinajstić information content (AvgIpc) is 2.70. The van der Waals surface area contributed by atoms with Crippen molar-refractivity contribution in [1.82, 2.24) is 9.97 Å². The highest BCUT2D eigenvalue weighted by molar-refractivity contribution is 5.82. The molecular weight excluding hydrogens is 428 g/mol. The summed E-state index contributed by atoms with van der Waals surface area (Å²) in [6.07, 6.45) is -4.44. The maximum absolute atomic E-state index is 14.4. The van der Waals surface area contributed by atoms with E-state index in [4.69, 9.17) is 10.5 Å². The predicted molar refractivity (Wildman–Crippen MR) is 115 cm³/mol. The summed E-state index contributed by atoms with van der Waals surface area (Å²) in [5.74, 6) is 0.0674. The summed E-state index contributed by atoms with van der Waals surface area (Å²) >= 11 is 0. The molecule has 0 radical (unpaired) electrons. The van der Waals surface area contributed by atoms with E-state index in [1.807, 2.05) is 0 Å². The monoisotopic (exact) mass is 448 g/mol. The minimum absolute atomic E-state index is 0.0212. The lowest BCUT2D eigenvalue weighted by Gasteiger charge is -2.13. The summed E-state index contributed by atoms with van der Waals surface area (Å²) in [5, 5.41) is 5.73. The van der Waals surface area contributed by atoms with Gasteiger partial charge in [-0.15, -0.1) is 0 Å². The fraction of sp³-hybridized carbons (Fsp3) is 0.190.